The molecule has 0 radical (unpaired) electrons. The quantitative estimate of drug-likeness (QED) is 0.248. The third-order valence-corrected chi connectivity index (χ3v) is 7.17. The van der Waals surface area contributed by atoms with E-state index in [2.05, 4.69) is 0 Å². The zero-order chi connectivity index (χ0) is 25.4. The minimum Gasteiger partial charge on any atom is -0.438 e. The van der Waals surface area contributed by atoms with Gasteiger partial charge >= 0.3 is 0 Å². The lowest BCUT2D eigenvalue weighted by Gasteiger charge is -2.14. The molecule has 8 heteroatoms. The molecule has 1 amide bonds. The number of fused-ring (bicyclic) bond motifs is 1. The molecule has 0 bridgehead atoms. The Morgan fingerprint density at radius 2 is 1.72 bits per heavy atom. The van der Waals surface area contributed by atoms with Crippen molar-refractivity contribution in [3.63, 3.8) is 0 Å². The highest BCUT2D eigenvalue weighted by Gasteiger charge is 2.33. The highest BCUT2D eigenvalue weighted by atomic mass is 32.2. The summed E-state index contributed by atoms with van der Waals surface area (Å²) in [6.07, 6.45) is 3.21. The molecule has 36 heavy (non-hydrogen) atoms. The second-order valence-electron chi connectivity index (χ2n) is 8.70. The molecule has 4 aromatic rings. The molecule has 0 aliphatic carbocycles. The van der Waals surface area contributed by atoms with Crippen LogP contribution < -0.4 is 10.3 Å². The number of aromatic nitrogens is 2. The molecule has 1 saturated heterocycles. The lowest BCUT2D eigenvalue weighted by atomic mass is 10.1. The number of thioether (sulfide) groups is 1. The summed E-state index contributed by atoms with van der Waals surface area (Å²) in [4.78, 5) is 33.5. The smallest absolute Gasteiger partial charge is 0.269 e. The molecule has 2 aromatic heterocycles. The van der Waals surface area contributed by atoms with Gasteiger partial charge in [-0.3, -0.25) is 18.9 Å². The number of ether oxygens (including phenoxy) is 1. The van der Waals surface area contributed by atoms with Crippen molar-refractivity contribution in [2.45, 2.75) is 27.3 Å². The topological polar surface area (TPSA) is 63.9 Å². The fourth-order valence-corrected chi connectivity index (χ4v) is 5.37. The molecule has 5 rings (SSSR count). The van der Waals surface area contributed by atoms with Crippen LogP contribution in [-0.4, -0.2) is 24.5 Å². The van der Waals surface area contributed by atoms with Gasteiger partial charge in [-0.15, -0.1) is 0 Å². The molecule has 0 unspecified atom stereocenters. The molecule has 180 valence electrons. The van der Waals surface area contributed by atoms with E-state index in [1.165, 1.54) is 16.2 Å². The predicted molar refractivity (Wildman–Crippen MR) is 147 cm³/mol. The lowest BCUT2D eigenvalue weighted by molar-refractivity contribution is -0.122. The molecule has 6 nitrogen and oxygen atoms in total. The maximum absolute atomic E-state index is 13.6. The molecule has 0 saturated carbocycles. The van der Waals surface area contributed by atoms with Gasteiger partial charge in [-0.25, -0.2) is 0 Å². The Hall–Kier alpha value is -3.75. The first-order valence-electron chi connectivity index (χ1n) is 11.4. The van der Waals surface area contributed by atoms with E-state index < -0.39 is 0 Å². The molecule has 2 aromatic carbocycles. The third-order valence-electron chi connectivity index (χ3n) is 5.79. The zero-order valence-electron chi connectivity index (χ0n) is 20.0. The van der Waals surface area contributed by atoms with Crippen LogP contribution in [0.5, 0.6) is 11.6 Å². The van der Waals surface area contributed by atoms with Crippen molar-refractivity contribution in [2.75, 3.05) is 0 Å². The zero-order valence-corrected chi connectivity index (χ0v) is 21.7. The third kappa shape index (κ3) is 4.69. The van der Waals surface area contributed by atoms with Crippen LogP contribution in [0.4, 0.5) is 0 Å². The second-order valence-corrected chi connectivity index (χ2v) is 10.4. The number of aryl methyl sites for hydroxylation is 3. The van der Waals surface area contributed by atoms with E-state index >= 15 is 0 Å². The van der Waals surface area contributed by atoms with Crippen molar-refractivity contribution < 1.29 is 9.53 Å². The summed E-state index contributed by atoms with van der Waals surface area (Å²) in [7, 11) is 0. The Morgan fingerprint density at radius 3 is 2.44 bits per heavy atom. The van der Waals surface area contributed by atoms with Gasteiger partial charge in [0.15, 0.2) is 0 Å². The second kappa shape index (κ2) is 9.72. The molecule has 1 fully saturated rings. The number of benzene rings is 2. The van der Waals surface area contributed by atoms with Crippen LogP contribution in [0.1, 0.15) is 27.8 Å². The summed E-state index contributed by atoms with van der Waals surface area (Å²) in [6.45, 7) is 6.21. The summed E-state index contributed by atoms with van der Waals surface area (Å²) in [5.41, 5.74) is 4.23. The average molecular weight is 514 g/mol. The summed E-state index contributed by atoms with van der Waals surface area (Å²) < 4.78 is 8.09. The van der Waals surface area contributed by atoms with E-state index in [0.717, 1.165) is 22.3 Å². The Balaban J connectivity index is 1.60. The van der Waals surface area contributed by atoms with E-state index in [-0.39, 0.29) is 22.9 Å². The molecule has 0 N–H and O–H groups in total. The summed E-state index contributed by atoms with van der Waals surface area (Å²) in [5, 5.41) is 0. The van der Waals surface area contributed by atoms with Crippen LogP contribution in [0, 0.1) is 20.8 Å². The standard InChI is InChI=1S/C28H23N3O3S2/c1-17-12-18(2)14-21(13-17)34-25-22(26(32)30-11-7-8-19(3)24(30)29-25)15-23-27(33)31(28(35)36-23)16-20-9-5-4-6-10-20/h4-15H,16H2,1-3H3/b23-15+. The average Bonchev–Trinajstić information content (AvgIpc) is 3.09. The van der Waals surface area contributed by atoms with Crippen LogP contribution in [0.2, 0.25) is 0 Å². The number of hydrogen-bond acceptors (Lipinski definition) is 6. The number of thiocarbonyl (C=S) groups is 1. The number of carbonyl (C=O) groups excluding carboxylic acids is 1. The monoisotopic (exact) mass is 513 g/mol. The van der Waals surface area contributed by atoms with Crippen LogP contribution in [0.3, 0.4) is 0 Å². The molecule has 0 atom stereocenters. The lowest BCUT2D eigenvalue weighted by Crippen LogP contribution is -2.27. The van der Waals surface area contributed by atoms with Crippen molar-refractivity contribution in [1.82, 2.24) is 14.3 Å². The predicted octanol–water partition coefficient (Wildman–Crippen LogP) is 5.81. The van der Waals surface area contributed by atoms with Gasteiger partial charge in [0.05, 0.1) is 11.4 Å². The largest absolute Gasteiger partial charge is 0.438 e. The molecule has 1 aliphatic rings. The first-order valence-corrected chi connectivity index (χ1v) is 12.6. The Morgan fingerprint density at radius 1 is 1.00 bits per heavy atom. The van der Waals surface area contributed by atoms with E-state index in [9.17, 15) is 9.59 Å². The number of nitrogens with zero attached hydrogens (tertiary/aromatic N) is 3. The fraction of sp³-hybridized carbons (Fsp3) is 0.143. The number of rotatable bonds is 5. The minimum atomic E-state index is -0.323. The fourth-order valence-electron chi connectivity index (χ4n) is 4.13. The number of carbonyl (C=O) groups is 1. The van der Waals surface area contributed by atoms with Crippen LogP contribution in [0.25, 0.3) is 11.7 Å². The maximum Gasteiger partial charge on any atom is 0.269 e. The van der Waals surface area contributed by atoms with Crippen molar-refractivity contribution in [3.8, 4) is 11.6 Å². The van der Waals surface area contributed by atoms with Crippen molar-refractivity contribution in [3.05, 3.63) is 110 Å². The maximum atomic E-state index is 13.6. The van der Waals surface area contributed by atoms with Gasteiger partial charge in [0.1, 0.15) is 21.3 Å². The van der Waals surface area contributed by atoms with E-state index in [0.29, 0.717) is 27.2 Å². The van der Waals surface area contributed by atoms with Gasteiger partial charge in [-0.1, -0.05) is 66.4 Å². The van der Waals surface area contributed by atoms with Crippen molar-refractivity contribution >= 4 is 45.9 Å². The normalized spacial score (nSPS) is 14.8. The van der Waals surface area contributed by atoms with Gasteiger partial charge in [-0.2, -0.15) is 4.98 Å². The summed E-state index contributed by atoms with van der Waals surface area (Å²) in [6, 6.07) is 19.1. The summed E-state index contributed by atoms with van der Waals surface area (Å²) >= 11 is 6.67. The Kier molecular flexibility index (Phi) is 6.47. The summed E-state index contributed by atoms with van der Waals surface area (Å²) in [5.74, 6) is 0.469. The Bertz CT molecular complexity index is 1590. The molecular weight excluding hydrogens is 490 g/mol. The van der Waals surface area contributed by atoms with Crippen molar-refractivity contribution in [1.29, 1.82) is 0 Å². The van der Waals surface area contributed by atoms with Gasteiger partial charge in [0, 0.05) is 6.20 Å². The Labute approximate surface area is 218 Å². The van der Waals surface area contributed by atoms with Gasteiger partial charge in [0.2, 0.25) is 5.88 Å². The van der Waals surface area contributed by atoms with Crippen LogP contribution in [-0.2, 0) is 11.3 Å². The van der Waals surface area contributed by atoms with Crippen LogP contribution >= 0.6 is 24.0 Å². The highest BCUT2D eigenvalue weighted by molar-refractivity contribution is 8.26. The van der Waals surface area contributed by atoms with Crippen molar-refractivity contribution in [2.24, 2.45) is 0 Å². The number of pyridine rings is 1. The first kappa shape index (κ1) is 24.0. The van der Waals surface area contributed by atoms with Gasteiger partial charge in [0.25, 0.3) is 11.5 Å². The van der Waals surface area contributed by atoms with Crippen LogP contribution in [0.15, 0.2) is 76.6 Å². The number of hydrogen-bond donors (Lipinski definition) is 0. The van der Waals surface area contributed by atoms with E-state index in [1.54, 1.807) is 23.2 Å². The molecule has 1 aliphatic heterocycles. The van der Waals surface area contributed by atoms with Gasteiger partial charge < -0.3 is 4.74 Å². The first-order chi connectivity index (χ1) is 17.3. The van der Waals surface area contributed by atoms with E-state index in [1.807, 2.05) is 75.4 Å². The molecule has 0 spiro atoms. The minimum absolute atomic E-state index is 0.146. The molecular formula is C28H23N3O3S2. The number of amides is 1. The van der Waals surface area contributed by atoms with E-state index in [4.69, 9.17) is 21.9 Å². The SMILES string of the molecule is Cc1cc(C)cc(Oc2nc3c(C)cccn3c(=O)c2/C=C2/SC(=S)N(Cc3ccccc3)C2=O)c1. The van der Waals surface area contributed by atoms with Gasteiger partial charge in [-0.05, 0) is 67.3 Å². The highest BCUT2D eigenvalue weighted by Crippen LogP contribution is 2.35. The molecule has 3 heterocycles.